The van der Waals surface area contributed by atoms with Crippen LogP contribution in [-0.2, 0) is 4.74 Å². The molecule has 0 saturated carbocycles. The van der Waals surface area contributed by atoms with Crippen LogP contribution in [0.2, 0.25) is 5.02 Å². The minimum absolute atomic E-state index is 0.0439. The van der Waals surface area contributed by atoms with Crippen LogP contribution in [0, 0.1) is 3.57 Å². The molecule has 0 aliphatic rings. The maximum absolute atomic E-state index is 8.48. The fourth-order valence-electron chi connectivity index (χ4n) is 0.952. The van der Waals surface area contributed by atoms with Crippen molar-refractivity contribution in [1.82, 2.24) is 4.98 Å². The first-order valence-electron chi connectivity index (χ1n) is 4.48. The van der Waals surface area contributed by atoms with Crippen molar-refractivity contribution in [3.63, 3.8) is 0 Å². The maximum Gasteiger partial charge on any atom is 0.145 e. The Hall–Kier alpha value is -0.110. The van der Waals surface area contributed by atoms with E-state index in [4.69, 9.17) is 21.4 Å². The van der Waals surface area contributed by atoms with Crippen LogP contribution in [0.15, 0.2) is 12.3 Å². The summed E-state index contributed by atoms with van der Waals surface area (Å²) in [5.41, 5.74) is 0. The summed E-state index contributed by atoms with van der Waals surface area (Å²) in [6.07, 6.45) is 1.70. The average molecular weight is 343 g/mol. The van der Waals surface area contributed by atoms with Gasteiger partial charge in [-0.25, -0.2) is 4.98 Å². The molecule has 0 aliphatic carbocycles. The van der Waals surface area contributed by atoms with Gasteiger partial charge in [-0.3, -0.25) is 0 Å². The minimum Gasteiger partial charge on any atom is -0.394 e. The molecule has 1 aromatic heterocycles. The number of aromatic nitrogens is 1. The first-order valence-corrected chi connectivity index (χ1v) is 5.94. The Morgan fingerprint density at radius 3 is 3.07 bits per heavy atom. The lowest BCUT2D eigenvalue weighted by atomic mass is 10.4. The number of hydrogen-bond donors (Lipinski definition) is 2. The lowest BCUT2D eigenvalue weighted by Crippen LogP contribution is -2.12. The second-order valence-electron chi connectivity index (χ2n) is 2.72. The molecule has 1 heterocycles. The summed E-state index contributed by atoms with van der Waals surface area (Å²) in [5, 5.41) is 12.2. The van der Waals surface area contributed by atoms with Crippen molar-refractivity contribution < 1.29 is 9.84 Å². The molecule has 0 fully saturated rings. The monoisotopic (exact) mass is 342 g/mol. The topological polar surface area (TPSA) is 54.4 Å². The summed E-state index contributed by atoms with van der Waals surface area (Å²) in [5.74, 6) is 0.663. The molecule has 4 nitrogen and oxygen atoms in total. The molecule has 1 rings (SSSR count). The van der Waals surface area contributed by atoms with Gasteiger partial charge in [-0.05, 0) is 28.7 Å². The zero-order valence-corrected chi connectivity index (χ0v) is 11.0. The number of ether oxygens (including phenoxy) is 1. The van der Waals surface area contributed by atoms with Crippen LogP contribution in [0.4, 0.5) is 5.82 Å². The molecule has 0 aliphatic heterocycles. The van der Waals surface area contributed by atoms with Gasteiger partial charge >= 0.3 is 0 Å². The van der Waals surface area contributed by atoms with Gasteiger partial charge in [0.05, 0.1) is 24.8 Å². The average Bonchev–Trinajstić information content (AvgIpc) is 2.24. The number of anilines is 1. The third-order valence-electron chi connectivity index (χ3n) is 1.62. The molecule has 0 amide bonds. The summed E-state index contributed by atoms with van der Waals surface area (Å²) in [4.78, 5) is 4.10. The van der Waals surface area contributed by atoms with E-state index in [9.17, 15) is 0 Å². The molecule has 0 bridgehead atoms. The summed E-state index contributed by atoms with van der Waals surface area (Å²) < 4.78 is 6.05. The van der Waals surface area contributed by atoms with Crippen molar-refractivity contribution in [3.8, 4) is 0 Å². The van der Waals surface area contributed by atoms with Crippen LogP contribution in [0.1, 0.15) is 0 Å². The Labute approximate surface area is 107 Å². The number of aliphatic hydroxyl groups is 1. The largest absolute Gasteiger partial charge is 0.394 e. The van der Waals surface area contributed by atoms with E-state index in [1.807, 2.05) is 6.07 Å². The second-order valence-corrected chi connectivity index (χ2v) is 4.26. The van der Waals surface area contributed by atoms with Crippen molar-refractivity contribution >= 4 is 40.0 Å². The Bertz CT molecular complexity index is 312. The van der Waals surface area contributed by atoms with Crippen LogP contribution in [0.5, 0.6) is 0 Å². The minimum atomic E-state index is 0.0439. The summed E-state index contributed by atoms with van der Waals surface area (Å²) in [6.45, 7) is 1.54. The van der Waals surface area contributed by atoms with Crippen molar-refractivity contribution in [3.05, 3.63) is 20.9 Å². The lowest BCUT2D eigenvalue weighted by Gasteiger charge is -2.08. The highest BCUT2D eigenvalue weighted by molar-refractivity contribution is 14.1. The van der Waals surface area contributed by atoms with E-state index < -0.39 is 0 Å². The highest BCUT2D eigenvalue weighted by Crippen LogP contribution is 2.24. The molecule has 0 aromatic carbocycles. The van der Waals surface area contributed by atoms with E-state index in [2.05, 4.69) is 32.9 Å². The van der Waals surface area contributed by atoms with Gasteiger partial charge in [0.25, 0.3) is 0 Å². The normalized spacial score (nSPS) is 10.3. The van der Waals surface area contributed by atoms with Crippen LogP contribution in [-0.4, -0.2) is 36.5 Å². The van der Waals surface area contributed by atoms with Crippen molar-refractivity contribution in [1.29, 1.82) is 0 Å². The number of nitrogens with one attached hydrogen (secondary N) is 1. The third-order valence-corrected chi connectivity index (χ3v) is 3.22. The zero-order valence-electron chi connectivity index (χ0n) is 8.04. The first kappa shape index (κ1) is 13.0. The predicted octanol–water partition coefficient (Wildman–Crippen LogP) is 1.76. The van der Waals surface area contributed by atoms with Gasteiger partial charge in [0, 0.05) is 16.3 Å². The highest BCUT2D eigenvalue weighted by Gasteiger charge is 2.03. The fraction of sp³-hybridized carbons (Fsp3) is 0.444. The quantitative estimate of drug-likeness (QED) is 0.611. The van der Waals surface area contributed by atoms with Crippen LogP contribution in [0.3, 0.4) is 0 Å². The Kier molecular flexibility index (Phi) is 6.23. The molecular weight excluding hydrogens is 330 g/mol. The van der Waals surface area contributed by atoms with Crippen LogP contribution in [0.25, 0.3) is 0 Å². The van der Waals surface area contributed by atoms with Crippen LogP contribution < -0.4 is 5.32 Å². The van der Waals surface area contributed by atoms with E-state index in [-0.39, 0.29) is 6.61 Å². The van der Waals surface area contributed by atoms with Crippen LogP contribution >= 0.6 is 34.2 Å². The van der Waals surface area contributed by atoms with E-state index in [0.29, 0.717) is 30.6 Å². The fourth-order valence-corrected chi connectivity index (χ4v) is 1.55. The molecule has 2 N–H and O–H groups in total. The SMILES string of the molecule is OCCOCCNc1nccc(I)c1Cl. The molecule has 0 saturated heterocycles. The molecule has 1 aromatic rings. The molecular formula is C9H12ClIN2O2. The Morgan fingerprint density at radius 1 is 1.53 bits per heavy atom. The van der Waals surface area contributed by atoms with E-state index in [1.165, 1.54) is 0 Å². The highest BCUT2D eigenvalue weighted by atomic mass is 127. The molecule has 0 spiro atoms. The Balaban J connectivity index is 2.34. The van der Waals surface area contributed by atoms with Gasteiger partial charge in [0.15, 0.2) is 0 Å². The number of nitrogens with zero attached hydrogens (tertiary/aromatic N) is 1. The van der Waals surface area contributed by atoms with Crippen molar-refractivity contribution in [2.24, 2.45) is 0 Å². The van der Waals surface area contributed by atoms with Gasteiger partial charge in [-0.1, -0.05) is 11.6 Å². The summed E-state index contributed by atoms with van der Waals surface area (Å²) in [6, 6.07) is 1.84. The van der Waals surface area contributed by atoms with Crippen molar-refractivity contribution in [2.75, 3.05) is 31.7 Å². The lowest BCUT2D eigenvalue weighted by molar-refractivity contribution is 0.0992. The number of halogens is 2. The molecule has 0 unspecified atom stereocenters. The van der Waals surface area contributed by atoms with Crippen molar-refractivity contribution in [2.45, 2.75) is 0 Å². The van der Waals surface area contributed by atoms with E-state index >= 15 is 0 Å². The van der Waals surface area contributed by atoms with Gasteiger partial charge in [-0.2, -0.15) is 0 Å². The number of rotatable bonds is 6. The molecule has 6 heteroatoms. The molecule has 84 valence electrons. The smallest absolute Gasteiger partial charge is 0.145 e. The number of pyridine rings is 1. The number of aliphatic hydroxyl groups excluding tert-OH is 1. The van der Waals surface area contributed by atoms with E-state index in [1.54, 1.807) is 6.20 Å². The van der Waals surface area contributed by atoms with Gasteiger partial charge in [-0.15, -0.1) is 0 Å². The van der Waals surface area contributed by atoms with E-state index in [0.717, 1.165) is 3.57 Å². The van der Waals surface area contributed by atoms with Gasteiger partial charge in [0.1, 0.15) is 5.82 Å². The summed E-state index contributed by atoms with van der Waals surface area (Å²) in [7, 11) is 0. The first-order chi connectivity index (χ1) is 7.25. The predicted molar refractivity (Wildman–Crippen MR) is 68.4 cm³/mol. The standard InChI is InChI=1S/C9H12ClIN2O2/c10-8-7(11)1-2-12-9(8)13-3-5-15-6-4-14/h1-2,14H,3-6H2,(H,12,13). The Morgan fingerprint density at radius 2 is 2.33 bits per heavy atom. The molecule has 0 atom stereocenters. The summed E-state index contributed by atoms with van der Waals surface area (Å²) >= 11 is 8.17. The molecule has 0 radical (unpaired) electrons. The molecule has 15 heavy (non-hydrogen) atoms. The van der Waals surface area contributed by atoms with Gasteiger partial charge < -0.3 is 15.2 Å². The second kappa shape index (κ2) is 7.21. The maximum atomic E-state index is 8.48. The van der Waals surface area contributed by atoms with Gasteiger partial charge in [0.2, 0.25) is 0 Å². The zero-order chi connectivity index (χ0) is 11.1. The third kappa shape index (κ3) is 4.50. The number of hydrogen-bond acceptors (Lipinski definition) is 4.